The Kier molecular flexibility index (Phi) is 7.33. The lowest BCUT2D eigenvalue weighted by atomic mass is 9.92. The van der Waals surface area contributed by atoms with Crippen molar-refractivity contribution in [3.8, 4) is 56.5 Å². The molecule has 270 valence electrons. The molecule has 58 heavy (non-hydrogen) atoms. The largest absolute Gasteiger partial charge is 0.456 e. The summed E-state index contributed by atoms with van der Waals surface area (Å²) in [5.41, 5.74) is 9.70. The van der Waals surface area contributed by atoms with Crippen molar-refractivity contribution >= 4 is 75.1 Å². The lowest BCUT2D eigenvalue weighted by Gasteiger charge is -2.15. The third-order valence-electron chi connectivity index (χ3n) is 11.1. The van der Waals surface area contributed by atoms with Gasteiger partial charge in [-0.2, -0.15) is 0 Å². The van der Waals surface area contributed by atoms with Crippen molar-refractivity contribution in [1.29, 1.82) is 0 Å². The first-order valence-electron chi connectivity index (χ1n) is 19.3. The lowest BCUT2D eigenvalue weighted by Crippen LogP contribution is -2.00. The van der Waals surface area contributed by atoms with Crippen LogP contribution >= 0.6 is 11.3 Å². The quantitative estimate of drug-likeness (QED) is 0.164. The maximum atomic E-state index is 6.26. The summed E-state index contributed by atoms with van der Waals surface area (Å²) in [5.74, 6) is 1.81. The van der Waals surface area contributed by atoms with E-state index >= 15 is 0 Å². The predicted molar refractivity (Wildman–Crippen MR) is 240 cm³/mol. The van der Waals surface area contributed by atoms with Gasteiger partial charge in [0.25, 0.3) is 0 Å². The third-order valence-corrected chi connectivity index (χ3v) is 12.3. The Morgan fingerprint density at radius 3 is 1.71 bits per heavy atom. The summed E-state index contributed by atoms with van der Waals surface area (Å²) in [6.07, 6.45) is 0. The summed E-state index contributed by atoms with van der Waals surface area (Å²) in [4.78, 5) is 20.4. The maximum Gasteiger partial charge on any atom is 0.164 e. The summed E-state index contributed by atoms with van der Waals surface area (Å²) >= 11 is 1.85. The fourth-order valence-corrected chi connectivity index (χ4v) is 9.62. The first kappa shape index (κ1) is 32.7. The smallest absolute Gasteiger partial charge is 0.164 e. The van der Waals surface area contributed by atoms with Crippen molar-refractivity contribution in [2.24, 2.45) is 0 Å². The van der Waals surface area contributed by atoms with E-state index in [0.29, 0.717) is 17.5 Å². The van der Waals surface area contributed by atoms with Crippen LogP contribution in [0.3, 0.4) is 0 Å². The molecule has 0 aliphatic carbocycles. The number of para-hydroxylation sites is 2. The molecule has 0 spiro atoms. The average Bonchev–Trinajstić information content (AvgIpc) is 3.87. The number of furan rings is 1. The van der Waals surface area contributed by atoms with E-state index in [-0.39, 0.29) is 0 Å². The molecule has 6 heteroatoms. The predicted octanol–water partition coefficient (Wildman–Crippen LogP) is 14.2. The van der Waals surface area contributed by atoms with Crippen LogP contribution in [0.25, 0.3) is 120 Å². The number of thiophene rings is 1. The Morgan fingerprint density at radius 1 is 0.362 bits per heavy atom. The van der Waals surface area contributed by atoms with Gasteiger partial charge in [-0.15, -0.1) is 11.3 Å². The van der Waals surface area contributed by atoms with E-state index in [9.17, 15) is 0 Å². The average molecular weight is 759 g/mol. The zero-order chi connectivity index (χ0) is 38.2. The number of benzene rings is 8. The first-order chi connectivity index (χ1) is 28.7. The number of pyridine rings is 1. The van der Waals surface area contributed by atoms with E-state index in [1.807, 2.05) is 65.9 Å². The summed E-state index contributed by atoms with van der Waals surface area (Å²) in [5, 5.41) is 8.21. The normalized spacial score (nSPS) is 11.8. The fraction of sp³-hybridized carbons (Fsp3) is 0. The van der Waals surface area contributed by atoms with Crippen molar-refractivity contribution in [2.45, 2.75) is 0 Å². The molecule has 0 radical (unpaired) electrons. The van der Waals surface area contributed by atoms with Gasteiger partial charge in [-0.25, -0.2) is 19.9 Å². The first-order valence-corrected chi connectivity index (χ1v) is 20.1. The van der Waals surface area contributed by atoms with E-state index < -0.39 is 0 Å². The van der Waals surface area contributed by atoms with Crippen LogP contribution in [0.4, 0.5) is 0 Å². The van der Waals surface area contributed by atoms with Crippen molar-refractivity contribution in [3.05, 3.63) is 182 Å². The summed E-state index contributed by atoms with van der Waals surface area (Å²) < 4.78 is 8.77. The second-order valence-corrected chi connectivity index (χ2v) is 15.6. The Hall–Kier alpha value is -7.54. The van der Waals surface area contributed by atoms with Gasteiger partial charge in [-0.05, 0) is 42.0 Å². The fourth-order valence-electron chi connectivity index (χ4n) is 8.37. The van der Waals surface area contributed by atoms with Crippen LogP contribution in [0.2, 0.25) is 0 Å². The molecular weight excluding hydrogens is 729 g/mol. The number of aromatic nitrogens is 4. The molecule has 12 rings (SSSR count). The molecule has 4 aromatic heterocycles. The Bertz CT molecular complexity index is 3560. The molecule has 4 heterocycles. The number of rotatable bonds is 5. The molecule has 0 N–H and O–H groups in total. The molecule has 0 bridgehead atoms. The molecule has 0 aliphatic rings. The Balaban J connectivity index is 1.05. The van der Waals surface area contributed by atoms with E-state index in [1.165, 1.54) is 31.1 Å². The summed E-state index contributed by atoms with van der Waals surface area (Å²) in [6.45, 7) is 0. The Labute approximate surface area is 336 Å². The van der Waals surface area contributed by atoms with E-state index in [4.69, 9.17) is 24.4 Å². The molecule has 5 nitrogen and oxygen atoms in total. The molecule has 0 saturated heterocycles. The van der Waals surface area contributed by atoms with Crippen LogP contribution < -0.4 is 0 Å². The van der Waals surface area contributed by atoms with Crippen LogP contribution in [0, 0.1) is 0 Å². The number of hydrogen-bond acceptors (Lipinski definition) is 6. The van der Waals surface area contributed by atoms with Crippen molar-refractivity contribution < 1.29 is 4.42 Å². The van der Waals surface area contributed by atoms with Crippen LogP contribution in [-0.2, 0) is 0 Å². The maximum absolute atomic E-state index is 6.26. The zero-order valence-corrected chi connectivity index (χ0v) is 31.7. The minimum absolute atomic E-state index is 0.588. The molecule has 0 fully saturated rings. The van der Waals surface area contributed by atoms with Gasteiger partial charge in [-0.3, -0.25) is 0 Å². The third kappa shape index (κ3) is 5.23. The Morgan fingerprint density at radius 2 is 0.931 bits per heavy atom. The SMILES string of the molecule is c1ccc(-c2nc(-c3ccc(-c4cc5c(-c6ccccc6)nc6ccccc6c5c5c4sc4ccccc45)cc3)nc(-c3ccc4c(c3)oc3ccccc34)n2)cc1. The summed E-state index contributed by atoms with van der Waals surface area (Å²) in [7, 11) is 0. The highest BCUT2D eigenvalue weighted by Crippen LogP contribution is 2.48. The highest BCUT2D eigenvalue weighted by molar-refractivity contribution is 7.26. The van der Waals surface area contributed by atoms with Crippen LogP contribution in [0.5, 0.6) is 0 Å². The van der Waals surface area contributed by atoms with E-state index in [2.05, 4.69) is 127 Å². The molecule has 0 aliphatic heterocycles. The molecular formula is C52H30N4OS. The highest BCUT2D eigenvalue weighted by atomic mass is 32.1. The minimum Gasteiger partial charge on any atom is -0.456 e. The molecule has 0 amide bonds. The second-order valence-electron chi connectivity index (χ2n) is 14.6. The highest BCUT2D eigenvalue weighted by Gasteiger charge is 2.21. The lowest BCUT2D eigenvalue weighted by molar-refractivity contribution is 0.669. The number of hydrogen-bond donors (Lipinski definition) is 0. The van der Waals surface area contributed by atoms with Crippen molar-refractivity contribution in [1.82, 2.24) is 19.9 Å². The molecule has 12 aromatic rings. The van der Waals surface area contributed by atoms with E-state index in [1.54, 1.807) is 0 Å². The van der Waals surface area contributed by atoms with Gasteiger partial charge in [0.2, 0.25) is 0 Å². The van der Waals surface area contributed by atoms with Gasteiger partial charge in [-0.1, -0.05) is 146 Å². The summed E-state index contributed by atoms with van der Waals surface area (Å²) in [6, 6.07) is 63.2. The topological polar surface area (TPSA) is 64.7 Å². The molecule has 0 saturated carbocycles. The van der Waals surface area contributed by atoms with Gasteiger partial charge in [0.1, 0.15) is 11.2 Å². The zero-order valence-electron chi connectivity index (χ0n) is 30.9. The van der Waals surface area contributed by atoms with Crippen LogP contribution in [0.15, 0.2) is 186 Å². The second kappa shape index (κ2) is 13.0. The van der Waals surface area contributed by atoms with Gasteiger partial charge in [0, 0.05) is 74.9 Å². The number of fused-ring (bicyclic) bond motifs is 10. The monoisotopic (exact) mass is 758 g/mol. The minimum atomic E-state index is 0.588. The van der Waals surface area contributed by atoms with E-state index in [0.717, 1.165) is 71.7 Å². The van der Waals surface area contributed by atoms with Crippen molar-refractivity contribution in [3.63, 3.8) is 0 Å². The van der Waals surface area contributed by atoms with Gasteiger partial charge >= 0.3 is 0 Å². The van der Waals surface area contributed by atoms with Gasteiger partial charge < -0.3 is 4.42 Å². The molecule has 0 unspecified atom stereocenters. The van der Waals surface area contributed by atoms with Crippen molar-refractivity contribution in [2.75, 3.05) is 0 Å². The molecule has 8 aromatic carbocycles. The van der Waals surface area contributed by atoms with Gasteiger partial charge in [0.05, 0.1) is 11.2 Å². The number of nitrogens with zero attached hydrogens (tertiary/aromatic N) is 4. The molecule has 0 atom stereocenters. The van der Waals surface area contributed by atoms with Gasteiger partial charge in [0.15, 0.2) is 17.5 Å². The standard InChI is InChI=1S/C52H30N4OS/c1-3-13-32(14-4-1)48-41-30-40(49-47(39-19-9-12-22-45(39)58-49)46(41)38-18-7-10-20-42(38)53-48)31-23-25-34(26-24-31)51-54-50(33-15-5-2-6-16-33)55-52(56-51)35-27-28-37-36-17-8-11-21-43(36)57-44(37)29-35/h1-30H. The van der Waals surface area contributed by atoms with Crippen LogP contribution in [-0.4, -0.2) is 19.9 Å². The van der Waals surface area contributed by atoms with Crippen LogP contribution in [0.1, 0.15) is 0 Å².